The minimum absolute atomic E-state index is 0.484. The summed E-state index contributed by atoms with van der Waals surface area (Å²) in [6.07, 6.45) is -0.484. The number of benzene rings is 10. The maximum atomic E-state index is 7.03. The van der Waals surface area contributed by atoms with Crippen LogP contribution in [0.4, 0.5) is 0 Å². The number of rotatable bonds is 6. The van der Waals surface area contributed by atoms with Crippen LogP contribution in [0.5, 0.6) is 0 Å². The Bertz CT molecular complexity index is 4500. The van der Waals surface area contributed by atoms with Crippen LogP contribution < -0.4 is 5.32 Å². The SMILES string of the molecule is c1ccc(C2=NC(c3ccc(-n4c5ccc(-c6ccc7sc8ccccc8c7c6)cc5c5cc6c(cc54)c4ccccc4n6-c4ccccc4)c4c3oc3ccccc34)NC(c3ccccc3)=N2)cc1. The minimum atomic E-state index is -0.484. The van der Waals surface area contributed by atoms with Gasteiger partial charge in [0.15, 0.2) is 12.0 Å². The predicted molar refractivity (Wildman–Crippen MR) is 293 cm³/mol. The zero-order chi connectivity index (χ0) is 45.9. The zero-order valence-electron chi connectivity index (χ0n) is 37.5. The highest BCUT2D eigenvalue weighted by Gasteiger charge is 2.28. The van der Waals surface area contributed by atoms with Gasteiger partial charge in [0.2, 0.25) is 0 Å². The van der Waals surface area contributed by atoms with Crippen molar-refractivity contribution in [1.82, 2.24) is 14.5 Å². The van der Waals surface area contributed by atoms with E-state index in [1.165, 1.54) is 58.4 Å². The number of amidine groups is 2. The van der Waals surface area contributed by atoms with E-state index in [1.807, 2.05) is 53.8 Å². The second kappa shape index (κ2) is 15.2. The van der Waals surface area contributed by atoms with Gasteiger partial charge in [-0.1, -0.05) is 146 Å². The predicted octanol–water partition coefficient (Wildman–Crippen LogP) is 16.3. The van der Waals surface area contributed by atoms with Crippen LogP contribution >= 0.6 is 11.3 Å². The van der Waals surface area contributed by atoms with Crippen LogP contribution in [-0.4, -0.2) is 20.8 Å². The summed E-state index contributed by atoms with van der Waals surface area (Å²) >= 11 is 1.85. The molecule has 1 atom stereocenters. The fourth-order valence-electron chi connectivity index (χ4n) is 11.0. The van der Waals surface area contributed by atoms with E-state index in [4.69, 9.17) is 14.4 Å². The Morgan fingerprint density at radius 1 is 0.429 bits per heavy atom. The van der Waals surface area contributed by atoms with Crippen molar-refractivity contribution in [3.8, 4) is 22.5 Å². The highest BCUT2D eigenvalue weighted by molar-refractivity contribution is 7.25. The number of para-hydroxylation sites is 3. The van der Waals surface area contributed by atoms with E-state index in [0.29, 0.717) is 5.84 Å². The van der Waals surface area contributed by atoms with Crippen molar-refractivity contribution < 1.29 is 4.42 Å². The van der Waals surface area contributed by atoms with Crippen molar-refractivity contribution >= 4 is 109 Å². The molecule has 1 aliphatic heterocycles. The molecule has 0 saturated carbocycles. The van der Waals surface area contributed by atoms with Crippen LogP contribution in [0.25, 0.3) is 108 Å². The summed E-state index contributed by atoms with van der Waals surface area (Å²) in [5, 5.41) is 13.1. The van der Waals surface area contributed by atoms with Gasteiger partial charge in [-0.05, 0) is 90.0 Å². The Hall–Kier alpha value is -9.04. The third-order valence-electron chi connectivity index (χ3n) is 14.2. The summed E-state index contributed by atoms with van der Waals surface area (Å²) in [4.78, 5) is 10.4. The average Bonchev–Trinajstić information content (AvgIpc) is 4.18. The van der Waals surface area contributed by atoms with Crippen LogP contribution in [0, 0.1) is 0 Å². The number of aliphatic imine (C=N–C) groups is 2. The Kier molecular flexibility index (Phi) is 8.49. The van der Waals surface area contributed by atoms with Crippen LogP contribution in [0.2, 0.25) is 0 Å². The molecular formula is C63H39N5OS. The van der Waals surface area contributed by atoms with Gasteiger partial charge in [0.1, 0.15) is 17.0 Å². The van der Waals surface area contributed by atoms with E-state index in [9.17, 15) is 0 Å². The molecule has 0 fully saturated rings. The molecule has 1 unspecified atom stereocenters. The molecule has 1 aliphatic rings. The molecule has 0 amide bonds. The van der Waals surface area contributed by atoms with Crippen LogP contribution in [-0.2, 0) is 0 Å². The van der Waals surface area contributed by atoms with E-state index >= 15 is 0 Å². The molecule has 7 heteroatoms. The standard InChI is InChI=1S/C63H39N5OS/c1-4-16-38(17-5-1)61-64-62(39-18-6-2-7-19-39)66-63(65-61)46-30-32-53(59-45-24-11-14-26-56(45)69-60(46)59)68-52-31-28-40(41-29-33-58-50(35-41)44-23-12-15-27-57(44)70-58)34-47(52)49-37-54-48(36-55(49)68)43-22-10-13-25-51(43)67(54)42-20-8-3-9-21-42/h1-37,63H,(H,64,65,66). The average molecular weight is 914 g/mol. The molecule has 0 saturated heterocycles. The van der Waals surface area contributed by atoms with Gasteiger partial charge >= 0.3 is 0 Å². The lowest BCUT2D eigenvalue weighted by Crippen LogP contribution is -2.33. The Morgan fingerprint density at radius 2 is 1.03 bits per heavy atom. The molecule has 6 nitrogen and oxygen atoms in total. The first-order valence-electron chi connectivity index (χ1n) is 23.7. The summed E-state index contributed by atoms with van der Waals surface area (Å²) < 4.78 is 14.5. The van der Waals surface area contributed by atoms with Gasteiger partial charge in [0, 0.05) is 69.5 Å². The van der Waals surface area contributed by atoms with Crippen LogP contribution in [0.15, 0.2) is 239 Å². The van der Waals surface area contributed by atoms with Crippen molar-refractivity contribution in [2.45, 2.75) is 6.17 Å². The van der Waals surface area contributed by atoms with Gasteiger partial charge in [-0.25, -0.2) is 9.98 Å². The van der Waals surface area contributed by atoms with Gasteiger partial charge in [0.25, 0.3) is 0 Å². The molecule has 15 rings (SSSR count). The molecule has 14 aromatic rings. The summed E-state index contributed by atoms with van der Waals surface area (Å²) in [5.41, 5.74) is 13.6. The third-order valence-corrected chi connectivity index (χ3v) is 15.3. The smallest absolute Gasteiger partial charge is 0.159 e. The molecule has 70 heavy (non-hydrogen) atoms. The lowest BCUT2D eigenvalue weighted by atomic mass is 10.0. The fraction of sp³-hybridized carbons (Fsp3) is 0.0159. The lowest BCUT2D eigenvalue weighted by Gasteiger charge is -2.24. The van der Waals surface area contributed by atoms with E-state index in [2.05, 4.69) is 196 Å². The molecule has 1 N–H and O–H groups in total. The fourth-order valence-corrected chi connectivity index (χ4v) is 12.1. The van der Waals surface area contributed by atoms with Gasteiger partial charge in [-0.2, -0.15) is 0 Å². The van der Waals surface area contributed by atoms with Crippen molar-refractivity contribution in [1.29, 1.82) is 0 Å². The first kappa shape index (κ1) is 39.0. The van der Waals surface area contributed by atoms with Gasteiger partial charge in [0.05, 0.1) is 33.1 Å². The molecule has 328 valence electrons. The topological polar surface area (TPSA) is 59.8 Å². The number of nitrogens with zero attached hydrogens (tertiary/aromatic N) is 4. The number of thiophene rings is 1. The second-order valence-electron chi connectivity index (χ2n) is 18.1. The van der Waals surface area contributed by atoms with E-state index < -0.39 is 6.17 Å². The molecule has 10 aromatic carbocycles. The van der Waals surface area contributed by atoms with E-state index in [1.54, 1.807) is 0 Å². The van der Waals surface area contributed by atoms with Gasteiger partial charge < -0.3 is 18.9 Å². The van der Waals surface area contributed by atoms with Crippen molar-refractivity contribution in [2.24, 2.45) is 9.98 Å². The summed E-state index contributed by atoms with van der Waals surface area (Å²) in [6.45, 7) is 0. The largest absolute Gasteiger partial charge is 0.456 e. The molecule has 5 heterocycles. The Morgan fingerprint density at radius 3 is 1.84 bits per heavy atom. The van der Waals surface area contributed by atoms with Gasteiger partial charge in [-0.15, -0.1) is 11.3 Å². The summed E-state index contributed by atoms with van der Waals surface area (Å²) in [6, 6.07) is 80.4. The summed E-state index contributed by atoms with van der Waals surface area (Å²) in [5.74, 6) is 1.43. The highest BCUT2D eigenvalue weighted by atomic mass is 32.1. The molecule has 0 bridgehead atoms. The number of hydrogen-bond acceptors (Lipinski definition) is 5. The maximum Gasteiger partial charge on any atom is 0.159 e. The number of aromatic nitrogens is 2. The molecular weight excluding hydrogens is 875 g/mol. The third kappa shape index (κ3) is 5.92. The number of furan rings is 1. The number of hydrogen-bond donors (Lipinski definition) is 1. The van der Waals surface area contributed by atoms with Crippen LogP contribution in [0.1, 0.15) is 22.9 Å². The van der Waals surface area contributed by atoms with Crippen LogP contribution in [0.3, 0.4) is 0 Å². The molecule has 0 aliphatic carbocycles. The normalized spacial score (nSPS) is 14.1. The lowest BCUT2D eigenvalue weighted by molar-refractivity contribution is 0.628. The van der Waals surface area contributed by atoms with E-state index in [0.717, 1.165) is 72.4 Å². The Balaban J connectivity index is 1.01. The first-order valence-corrected chi connectivity index (χ1v) is 24.5. The zero-order valence-corrected chi connectivity index (χ0v) is 38.4. The van der Waals surface area contributed by atoms with Crippen molar-refractivity contribution in [3.05, 3.63) is 241 Å². The number of fused-ring (bicyclic) bond motifs is 12. The van der Waals surface area contributed by atoms with E-state index in [-0.39, 0.29) is 0 Å². The summed E-state index contributed by atoms with van der Waals surface area (Å²) in [7, 11) is 0. The van der Waals surface area contributed by atoms with Gasteiger partial charge in [-0.3, -0.25) is 0 Å². The quantitative estimate of drug-likeness (QED) is 0.181. The molecule has 0 radical (unpaired) electrons. The number of nitrogens with one attached hydrogen (secondary N) is 1. The first-order chi connectivity index (χ1) is 34.7. The minimum Gasteiger partial charge on any atom is -0.456 e. The second-order valence-corrected chi connectivity index (χ2v) is 19.2. The maximum absolute atomic E-state index is 7.03. The monoisotopic (exact) mass is 913 g/mol. The molecule has 0 spiro atoms. The van der Waals surface area contributed by atoms with Crippen molar-refractivity contribution in [2.75, 3.05) is 0 Å². The van der Waals surface area contributed by atoms with Crippen molar-refractivity contribution in [3.63, 3.8) is 0 Å². The highest BCUT2D eigenvalue weighted by Crippen LogP contribution is 2.45. The molecule has 4 aromatic heterocycles. The Labute approximate surface area is 405 Å².